The van der Waals surface area contributed by atoms with E-state index in [0.717, 1.165) is 16.9 Å². The predicted octanol–water partition coefficient (Wildman–Crippen LogP) is 3.03. The van der Waals surface area contributed by atoms with E-state index < -0.39 is 0 Å². The molecule has 4 rings (SSSR count). The summed E-state index contributed by atoms with van der Waals surface area (Å²) >= 11 is 0. The van der Waals surface area contributed by atoms with Gasteiger partial charge in [-0.25, -0.2) is 9.36 Å². The average Bonchev–Trinajstić information content (AvgIpc) is 3.39. The van der Waals surface area contributed by atoms with Gasteiger partial charge in [0.2, 0.25) is 0 Å². The van der Waals surface area contributed by atoms with Gasteiger partial charge in [0.1, 0.15) is 0 Å². The number of nitrogens with zero attached hydrogens (tertiary/aromatic N) is 4. The van der Waals surface area contributed by atoms with Crippen molar-refractivity contribution >= 4 is 5.91 Å². The van der Waals surface area contributed by atoms with Crippen LogP contribution >= 0.6 is 0 Å². The minimum Gasteiger partial charge on any atom is -0.352 e. The monoisotopic (exact) mass is 357 g/mol. The highest BCUT2D eigenvalue weighted by atomic mass is 16.1. The summed E-state index contributed by atoms with van der Waals surface area (Å²) in [7, 11) is 0. The molecule has 2 heterocycles. The molecule has 0 unspecified atom stereocenters. The number of carbonyl (C=O) groups is 1. The largest absolute Gasteiger partial charge is 0.352 e. The maximum Gasteiger partial charge on any atom is 0.254 e. The van der Waals surface area contributed by atoms with Gasteiger partial charge in [0.05, 0.1) is 29.3 Å². The molecule has 6 heteroatoms. The first-order valence-electron chi connectivity index (χ1n) is 8.77. The molecule has 0 radical (unpaired) electrons. The first kappa shape index (κ1) is 16.8. The van der Waals surface area contributed by atoms with E-state index in [-0.39, 0.29) is 5.91 Å². The van der Waals surface area contributed by atoms with Crippen LogP contribution in [-0.2, 0) is 6.42 Å². The lowest BCUT2D eigenvalue weighted by Crippen LogP contribution is -2.25. The highest BCUT2D eigenvalue weighted by Gasteiger charge is 2.09. The molecule has 0 aliphatic rings. The molecule has 0 fully saturated rings. The molecule has 0 spiro atoms. The van der Waals surface area contributed by atoms with Gasteiger partial charge in [-0.2, -0.15) is 10.2 Å². The van der Waals surface area contributed by atoms with E-state index >= 15 is 0 Å². The summed E-state index contributed by atoms with van der Waals surface area (Å²) in [5.41, 5.74) is 3.55. The molecule has 0 aliphatic carbocycles. The second kappa shape index (κ2) is 7.70. The first-order valence-corrected chi connectivity index (χ1v) is 8.77. The van der Waals surface area contributed by atoms with Gasteiger partial charge >= 0.3 is 0 Å². The number of para-hydroxylation sites is 2. The maximum absolute atomic E-state index is 12.3. The summed E-state index contributed by atoms with van der Waals surface area (Å²) in [6.07, 6.45) is 7.83. The summed E-state index contributed by atoms with van der Waals surface area (Å²) in [5, 5.41) is 11.6. The van der Waals surface area contributed by atoms with Gasteiger partial charge < -0.3 is 5.32 Å². The Hall–Kier alpha value is -3.67. The summed E-state index contributed by atoms with van der Waals surface area (Å²) in [4.78, 5) is 12.3. The summed E-state index contributed by atoms with van der Waals surface area (Å²) in [6, 6.07) is 19.6. The van der Waals surface area contributed by atoms with Gasteiger partial charge in [-0.3, -0.25) is 4.79 Å². The van der Waals surface area contributed by atoms with Crippen LogP contribution in [0.3, 0.4) is 0 Å². The smallest absolute Gasteiger partial charge is 0.254 e. The van der Waals surface area contributed by atoms with Gasteiger partial charge in [-0.1, -0.05) is 36.4 Å². The minimum atomic E-state index is -0.132. The van der Waals surface area contributed by atoms with Crippen LogP contribution in [0.2, 0.25) is 0 Å². The van der Waals surface area contributed by atoms with Gasteiger partial charge in [-0.05, 0) is 36.2 Å². The fourth-order valence-electron chi connectivity index (χ4n) is 2.80. The number of aromatic nitrogens is 4. The van der Waals surface area contributed by atoms with Crippen LogP contribution in [0.1, 0.15) is 15.9 Å². The lowest BCUT2D eigenvalue weighted by molar-refractivity contribution is 0.0954. The lowest BCUT2D eigenvalue weighted by Gasteiger charge is -2.02. The van der Waals surface area contributed by atoms with Crippen molar-refractivity contribution in [3.8, 4) is 11.4 Å². The molecule has 27 heavy (non-hydrogen) atoms. The van der Waals surface area contributed by atoms with Gasteiger partial charge in [0, 0.05) is 18.9 Å². The molecule has 1 N–H and O–H groups in total. The van der Waals surface area contributed by atoms with Crippen molar-refractivity contribution in [2.24, 2.45) is 0 Å². The zero-order chi connectivity index (χ0) is 18.5. The fraction of sp³-hybridized carbons (Fsp3) is 0.0952. The van der Waals surface area contributed by atoms with Crippen LogP contribution in [0.5, 0.6) is 0 Å². The van der Waals surface area contributed by atoms with E-state index in [1.54, 1.807) is 17.1 Å². The second-order valence-electron chi connectivity index (χ2n) is 6.14. The highest BCUT2D eigenvalue weighted by Crippen LogP contribution is 2.09. The van der Waals surface area contributed by atoms with Crippen molar-refractivity contribution in [3.63, 3.8) is 0 Å². The molecule has 0 saturated carbocycles. The van der Waals surface area contributed by atoms with Gasteiger partial charge in [0.25, 0.3) is 5.91 Å². The quantitative estimate of drug-likeness (QED) is 0.577. The Morgan fingerprint density at radius 3 is 2.07 bits per heavy atom. The van der Waals surface area contributed by atoms with E-state index in [1.165, 1.54) is 0 Å². The van der Waals surface area contributed by atoms with Crippen LogP contribution in [0.15, 0.2) is 85.5 Å². The molecule has 2 aromatic carbocycles. The maximum atomic E-state index is 12.3. The summed E-state index contributed by atoms with van der Waals surface area (Å²) in [5.74, 6) is -0.132. The molecule has 0 atom stereocenters. The zero-order valence-corrected chi connectivity index (χ0v) is 14.7. The van der Waals surface area contributed by atoms with E-state index in [1.807, 2.05) is 77.7 Å². The molecule has 6 nitrogen and oxygen atoms in total. The Morgan fingerprint density at radius 1 is 0.815 bits per heavy atom. The van der Waals surface area contributed by atoms with Gasteiger partial charge in [-0.15, -0.1) is 0 Å². The number of benzene rings is 2. The van der Waals surface area contributed by atoms with Crippen LogP contribution in [-0.4, -0.2) is 32.0 Å². The van der Waals surface area contributed by atoms with Crippen molar-refractivity contribution in [2.45, 2.75) is 6.42 Å². The van der Waals surface area contributed by atoms with Gasteiger partial charge in [0.15, 0.2) is 0 Å². The molecular formula is C21H19N5O. The predicted molar refractivity (Wildman–Crippen MR) is 103 cm³/mol. The highest BCUT2D eigenvalue weighted by molar-refractivity contribution is 5.93. The molecule has 2 aromatic heterocycles. The molecule has 0 bridgehead atoms. The van der Waals surface area contributed by atoms with E-state index in [9.17, 15) is 4.79 Å². The number of hydrogen-bond acceptors (Lipinski definition) is 3. The Morgan fingerprint density at radius 2 is 1.41 bits per heavy atom. The van der Waals surface area contributed by atoms with Crippen molar-refractivity contribution in [1.82, 2.24) is 24.9 Å². The molecule has 0 saturated heterocycles. The van der Waals surface area contributed by atoms with Crippen molar-refractivity contribution < 1.29 is 4.79 Å². The fourth-order valence-corrected chi connectivity index (χ4v) is 2.80. The van der Waals surface area contributed by atoms with Crippen LogP contribution < -0.4 is 5.32 Å². The number of nitrogens with one attached hydrogen (secondary N) is 1. The Bertz CT molecular complexity index is 1020. The van der Waals surface area contributed by atoms with Crippen LogP contribution in [0.4, 0.5) is 0 Å². The SMILES string of the molecule is O=C(NCCc1cnn(-c2ccccc2)c1)c1cnn(-c2ccccc2)c1. The molecule has 134 valence electrons. The third-order valence-corrected chi connectivity index (χ3v) is 4.22. The standard InChI is InChI=1S/C21H19N5O/c27-21(18-14-24-26(16-18)20-9-5-2-6-10-20)22-12-11-17-13-23-25(15-17)19-7-3-1-4-8-19/h1-10,13-16H,11-12H2,(H,22,27). The van der Waals surface area contributed by atoms with E-state index in [0.29, 0.717) is 18.5 Å². The first-order chi connectivity index (χ1) is 13.3. The van der Waals surface area contributed by atoms with Crippen molar-refractivity contribution in [2.75, 3.05) is 6.54 Å². The van der Waals surface area contributed by atoms with E-state index in [4.69, 9.17) is 0 Å². The Labute approximate surface area is 157 Å². The normalized spacial score (nSPS) is 10.7. The molecule has 0 aliphatic heterocycles. The number of hydrogen-bond donors (Lipinski definition) is 1. The minimum absolute atomic E-state index is 0.132. The second-order valence-corrected chi connectivity index (χ2v) is 6.14. The number of rotatable bonds is 6. The summed E-state index contributed by atoms with van der Waals surface area (Å²) in [6.45, 7) is 0.538. The molecule has 1 amide bonds. The van der Waals surface area contributed by atoms with E-state index in [2.05, 4.69) is 15.5 Å². The topological polar surface area (TPSA) is 64.7 Å². The summed E-state index contributed by atoms with van der Waals surface area (Å²) < 4.78 is 3.53. The molecule has 4 aromatic rings. The Balaban J connectivity index is 1.33. The number of carbonyl (C=O) groups excluding carboxylic acids is 1. The third-order valence-electron chi connectivity index (χ3n) is 4.22. The Kier molecular flexibility index (Phi) is 4.78. The van der Waals surface area contributed by atoms with Crippen molar-refractivity contribution in [3.05, 3.63) is 96.6 Å². The van der Waals surface area contributed by atoms with Crippen LogP contribution in [0, 0.1) is 0 Å². The van der Waals surface area contributed by atoms with Crippen LogP contribution in [0.25, 0.3) is 11.4 Å². The average molecular weight is 357 g/mol. The molecular weight excluding hydrogens is 338 g/mol. The zero-order valence-electron chi connectivity index (χ0n) is 14.7. The third kappa shape index (κ3) is 3.95. The van der Waals surface area contributed by atoms with Crippen molar-refractivity contribution in [1.29, 1.82) is 0 Å². The number of amides is 1. The lowest BCUT2D eigenvalue weighted by atomic mass is 10.2.